The van der Waals surface area contributed by atoms with E-state index in [1.165, 1.54) is 24.3 Å². The van der Waals surface area contributed by atoms with Crippen molar-refractivity contribution in [3.63, 3.8) is 0 Å². The predicted molar refractivity (Wildman–Crippen MR) is 94.4 cm³/mol. The molecule has 0 unspecified atom stereocenters. The fourth-order valence-electron chi connectivity index (χ4n) is 1.82. The molecule has 2 rings (SSSR count). The van der Waals surface area contributed by atoms with E-state index in [-0.39, 0.29) is 17.9 Å². The first-order chi connectivity index (χ1) is 11.4. The summed E-state index contributed by atoms with van der Waals surface area (Å²) in [4.78, 5) is 23.7. The number of benzene rings is 2. The third-order valence-corrected chi connectivity index (χ3v) is 3.53. The van der Waals surface area contributed by atoms with Crippen LogP contribution in [-0.4, -0.2) is 17.5 Å². The lowest BCUT2D eigenvalue weighted by Crippen LogP contribution is -2.21. The summed E-state index contributed by atoms with van der Waals surface area (Å²) in [5, 5.41) is 6.60. The van der Waals surface area contributed by atoms with Gasteiger partial charge in [0.05, 0.1) is 6.42 Å². The van der Waals surface area contributed by atoms with E-state index in [0.29, 0.717) is 11.4 Å². The maximum atomic E-state index is 12.8. The van der Waals surface area contributed by atoms with Crippen molar-refractivity contribution >= 4 is 39.1 Å². The van der Waals surface area contributed by atoms with Crippen molar-refractivity contribution in [3.8, 4) is 0 Å². The maximum Gasteiger partial charge on any atom is 0.271 e. The van der Waals surface area contributed by atoms with Gasteiger partial charge in [0.15, 0.2) is 0 Å². The van der Waals surface area contributed by atoms with Crippen LogP contribution in [0.5, 0.6) is 0 Å². The lowest BCUT2D eigenvalue weighted by atomic mass is 10.2. The Kier molecular flexibility index (Phi) is 6.20. The lowest BCUT2D eigenvalue weighted by Gasteiger charge is -2.06. The molecule has 2 aromatic carbocycles. The van der Waals surface area contributed by atoms with Gasteiger partial charge in [0.25, 0.3) is 5.91 Å². The molecule has 5 nitrogen and oxygen atoms in total. The number of halogens is 2. The molecule has 24 heavy (non-hydrogen) atoms. The van der Waals surface area contributed by atoms with E-state index in [1.807, 2.05) is 12.1 Å². The summed E-state index contributed by atoms with van der Waals surface area (Å²) >= 11 is 3.32. The highest BCUT2D eigenvalue weighted by Gasteiger charge is 2.07. The molecule has 0 fully saturated rings. The van der Waals surface area contributed by atoms with Gasteiger partial charge >= 0.3 is 0 Å². The highest BCUT2D eigenvalue weighted by molar-refractivity contribution is 9.10. The van der Waals surface area contributed by atoms with Gasteiger partial charge in [-0.25, -0.2) is 9.82 Å². The maximum absolute atomic E-state index is 12.8. The molecule has 0 bridgehead atoms. The summed E-state index contributed by atoms with van der Waals surface area (Å²) in [5.41, 5.74) is 3.74. The van der Waals surface area contributed by atoms with Crippen LogP contribution in [0, 0.1) is 5.82 Å². The Balaban J connectivity index is 1.86. The van der Waals surface area contributed by atoms with Gasteiger partial charge in [-0.15, -0.1) is 0 Å². The van der Waals surface area contributed by atoms with Gasteiger partial charge in [0, 0.05) is 21.4 Å². The zero-order valence-electron chi connectivity index (χ0n) is 12.8. The number of hydrazone groups is 1. The molecule has 2 N–H and O–H groups in total. The van der Waals surface area contributed by atoms with Crippen molar-refractivity contribution in [3.05, 3.63) is 64.4 Å². The lowest BCUT2D eigenvalue weighted by molar-refractivity contribution is -0.115. The van der Waals surface area contributed by atoms with Gasteiger partial charge < -0.3 is 5.32 Å². The summed E-state index contributed by atoms with van der Waals surface area (Å²) in [6.07, 6.45) is 0.0414. The van der Waals surface area contributed by atoms with Crippen molar-refractivity contribution in [2.75, 3.05) is 5.32 Å². The van der Waals surface area contributed by atoms with Crippen molar-refractivity contribution in [2.45, 2.75) is 13.3 Å². The van der Waals surface area contributed by atoms with Gasteiger partial charge in [-0.3, -0.25) is 9.59 Å². The fourth-order valence-corrected chi connectivity index (χ4v) is 2.09. The van der Waals surface area contributed by atoms with Crippen LogP contribution in [0.25, 0.3) is 0 Å². The molecule has 0 heterocycles. The second-order valence-electron chi connectivity index (χ2n) is 5.03. The number of nitrogens with one attached hydrogen (secondary N) is 2. The Bertz CT molecular complexity index is 758. The minimum atomic E-state index is -0.470. The second-order valence-corrected chi connectivity index (χ2v) is 5.94. The van der Waals surface area contributed by atoms with Crippen LogP contribution in [0.3, 0.4) is 0 Å². The molecule has 2 amide bonds. The standard InChI is InChI=1S/C17H15BrFN3O2/c1-11(10-16(23)20-15-8-4-13(18)5-9-15)21-22-17(24)12-2-6-14(19)7-3-12/h2-9H,10H2,1H3,(H,20,23)(H,22,24)/b21-11-. The second kappa shape index (κ2) is 8.35. The van der Waals surface area contributed by atoms with Crippen molar-refractivity contribution < 1.29 is 14.0 Å². The number of rotatable bonds is 5. The molecule has 0 saturated heterocycles. The first-order valence-electron chi connectivity index (χ1n) is 7.08. The zero-order valence-corrected chi connectivity index (χ0v) is 14.4. The Hall–Kier alpha value is -2.54. The molecular weight excluding hydrogens is 377 g/mol. The first kappa shape index (κ1) is 17.8. The van der Waals surface area contributed by atoms with Crippen LogP contribution in [0.4, 0.5) is 10.1 Å². The van der Waals surface area contributed by atoms with E-state index in [1.54, 1.807) is 19.1 Å². The van der Waals surface area contributed by atoms with Crippen LogP contribution in [0.2, 0.25) is 0 Å². The molecule has 2 aromatic rings. The molecule has 0 aliphatic rings. The Labute approximate surface area is 147 Å². The largest absolute Gasteiger partial charge is 0.326 e. The Morgan fingerprint density at radius 3 is 2.33 bits per heavy atom. The number of carbonyl (C=O) groups is 2. The SMILES string of the molecule is C/C(CC(=O)Nc1ccc(Br)cc1)=N/NC(=O)c1ccc(F)cc1. The van der Waals surface area contributed by atoms with Crippen molar-refractivity contribution in [1.29, 1.82) is 0 Å². The molecule has 0 aromatic heterocycles. The molecular formula is C17H15BrFN3O2. The highest BCUT2D eigenvalue weighted by Crippen LogP contribution is 2.14. The highest BCUT2D eigenvalue weighted by atomic mass is 79.9. The van der Waals surface area contributed by atoms with Crippen LogP contribution < -0.4 is 10.7 Å². The third-order valence-electron chi connectivity index (χ3n) is 3.00. The Morgan fingerprint density at radius 1 is 1.08 bits per heavy atom. The van der Waals surface area contributed by atoms with Crippen molar-refractivity contribution in [2.24, 2.45) is 5.10 Å². The third kappa shape index (κ3) is 5.58. The van der Waals surface area contributed by atoms with Gasteiger partial charge in [0.2, 0.25) is 5.91 Å². The van der Waals surface area contributed by atoms with E-state index in [9.17, 15) is 14.0 Å². The van der Waals surface area contributed by atoms with E-state index in [2.05, 4.69) is 31.8 Å². The topological polar surface area (TPSA) is 70.6 Å². The molecule has 0 saturated carbocycles. The number of nitrogens with zero attached hydrogens (tertiary/aromatic N) is 1. The average Bonchev–Trinajstić information content (AvgIpc) is 2.55. The molecule has 7 heteroatoms. The summed E-state index contributed by atoms with van der Waals surface area (Å²) in [7, 11) is 0. The summed E-state index contributed by atoms with van der Waals surface area (Å²) in [5.74, 6) is -1.13. The van der Waals surface area contributed by atoms with E-state index < -0.39 is 11.7 Å². The monoisotopic (exact) mass is 391 g/mol. The Morgan fingerprint density at radius 2 is 1.71 bits per heavy atom. The quantitative estimate of drug-likeness (QED) is 0.602. The normalized spacial score (nSPS) is 11.0. The van der Waals surface area contributed by atoms with Gasteiger partial charge in [-0.05, 0) is 55.5 Å². The van der Waals surface area contributed by atoms with E-state index in [4.69, 9.17) is 0 Å². The van der Waals surface area contributed by atoms with Crippen LogP contribution >= 0.6 is 15.9 Å². The molecule has 0 atom stereocenters. The molecule has 0 spiro atoms. The van der Waals surface area contributed by atoms with Crippen LogP contribution in [0.15, 0.2) is 58.1 Å². The van der Waals surface area contributed by atoms with Crippen LogP contribution in [-0.2, 0) is 4.79 Å². The average molecular weight is 392 g/mol. The number of hydrogen-bond acceptors (Lipinski definition) is 3. The van der Waals surface area contributed by atoms with Gasteiger partial charge in [0.1, 0.15) is 5.82 Å². The fraction of sp³-hybridized carbons (Fsp3) is 0.118. The number of amides is 2. The van der Waals surface area contributed by atoms with E-state index in [0.717, 1.165) is 4.47 Å². The van der Waals surface area contributed by atoms with E-state index >= 15 is 0 Å². The minimum absolute atomic E-state index is 0.0414. The molecule has 0 radical (unpaired) electrons. The smallest absolute Gasteiger partial charge is 0.271 e. The predicted octanol–water partition coefficient (Wildman–Crippen LogP) is 3.72. The summed E-state index contributed by atoms with van der Waals surface area (Å²) < 4.78 is 13.7. The minimum Gasteiger partial charge on any atom is -0.326 e. The van der Waals surface area contributed by atoms with Gasteiger partial charge in [-0.1, -0.05) is 15.9 Å². The molecule has 124 valence electrons. The molecule has 0 aliphatic heterocycles. The zero-order chi connectivity index (χ0) is 17.5. The van der Waals surface area contributed by atoms with Crippen LogP contribution in [0.1, 0.15) is 23.7 Å². The summed E-state index contributed by atoms with van der Waals surface area (Å²) in [6, 6.07) is 12.3. The first-order valence-corrected chi connectivity index (χ1v) is 7.88. The number of anilines is 1. The number of carbonyl (C=O) groups excluding carboxylic acids is 2. The van der Waals surface area contributed by atoms with Gasteiger partial charge in [-0.2, -0.15) is 5.10 Å². The molecule has 0 aliphatic carbocycles. The number of hydrogen-bond donors (Lipinski definition) is 2. The summed E-state index contributed by atoms with van der Waals surface area (Å²) in [6.45, 7) is 1.63. The van der Waals surface area contributed by atoms with Crippen molar-refractivity contribution in [1.82, 2.24) is 5.43 Å².